The first-order valence-corrected chi connectivity index (χ1v) is 15.6. The van der Waals surface area contributed by atoms with Gasteiger partial charge in [-0.25, -0.2) is 0 Å². The molecular weight excluding hydrogens is 368 g/mol. The van der Waals surface area contributed by atoms with Gasteiger partial charge in [-0.1, -0.05) is 50.2 Å². The van der Waals surface area contributed by atoms with Crippen LogP contribution in [0.4, 0.5) is 0 Å². The van der Waals surface area contributed by atoms with Gasteiger partial charge in [0, 0.05) is 11.1 Å². The van der Waals surface area contributed by atoms with Gasteiger partial charge in [0.15, 0.2) is 16.6 Å². The Hall–Kier alpha value is -1.57. The van der Waals surface area contributed by atoms with Gasteiger partial charge in [0.2, 0.25) is 0 Å². The zero-order chi connectivity index (χ0) is 20.2. The predicted octanol–water partition coefficient (Wildman–Crippen LogP) is 6.12. The van der Waals surface area contributed by atoms with Crippen LogP contribution in [-0.4, -0.2) is 30.9 Å². The number of rotatable bonds is 8. The summed E-state index contributed by atoms with van der Waals surface area (Å²) in [6.07, 6.45) is 0. The first-order valence-electron chi connectivity index (χ1n) is 9.60. The van der Waals surface area contributed by atoms with E-state index in [9.17, 15) is 0 Å². The van der Waals surface area contributed by atoms with Crippen molar-refractivity contribution in [3.63, 3.8) is 0 Å². The maximum atomic E-state index is 7.02. The van der Waals surface area contributed by atoms with Crippen molar-refractivity contribution in [3.05, 3.63) is 59.7 Å². The van der Waals surface area contributed by atoms with Crippen LogP contribution in [-0.2, 0) is 4.12 Å². The van der Waals surface area contributed by atoms with Crippen molar-refractivity contribution in [2.45, 2.75) is 51.1 Å². The van der Waals surface area contributed by atoms with E-state index in [1.807, 2.05) is 24.3 Å². The van der Waals surface area contributed by atoms with Crippen molar-refractivity contribution >= 4 is 16.6 Å². The molecule has 3 nitrogen and oxygen atoms in total. The molecule has 0 radical (unpaired) electrons. The highest BCUT2D eigenvalue weighted by atomic mass is 28.4. The molecule has 0 aliphatic carbocycles. The van der Waals surface area contributed by atoms with Crippen LogP contribution in [0.3, 0.4) is 0 Å². The Bertz CT molecular complexity index is 695. The Balaban J connectivity index is 2.29. The largest absolute Gasteiger partial charge is 0.496 e. The fraction of sp³-hybridized carbons (Fsp3) is 0.455. The van der Waals surface area contributed by atoms with Crippen molar-refractivity contribution in [1.82, 2.24) is 0 Å². The first-order chi connectivity index (χ1) is 12.6. The molecule has 0 saturated heterocycles. The van der Waals surface area contributed by atoms with E-state index in [1.165, 1.54) is 11.1 Å². The second-order valence-corrected chi connectivity index (χ2v) is 17.2. The number of hydrogen-bond acceptors (Lipinski definition) is 3. The Morgan fingerprint density at radius 3 is 1.30 bits per heavy atom. The van der Waals surface area contributed by atoms with Gasteiger partial charge in [-0.15, -0.1) is 0 Å². The second-order valence-electron chi connectivity index (χ2n) is 8.24. The summed E-state index contributed by atoms with van der Waals surface area (Å²) in [4.78, 5) is 0. The minimum atomic E-state index is -2.01. The topological polar surface area (TPSA) is 27.7 Å². The van der Waals surface area contributed by atoms with Crippen LogP contribution in [0.1, 0.15) is 36.1 Å². The zero-order valence-electron chi connectivity index (χ0n) is 18.0. The van der Waals surface area contributed by atoms with E-state index in [4.69, 9.17) is 13.6 Å². The average Bonchev–Trinajstić information content (AvgIpc) is 2.65. The van der Waals surface area contributed by atoms with Gasteiger partial charge in [0.05, 0.1) is 14.2 Å². The molecule has 27 heavy (non-hydrogen) atoms. The van der Waals surface area contributed by atoms with E-state index in [0.717, 1.165) is 11.5 Å². The van der Waals surface area contributed by atoms with Crippen LogP contribution in [0, 0.1) is 0 Å². The number of benzene rings is 2. The van der Waals surface area contributed by atoms with Crippen LogP contribution >= 0.6 is 0 Å². The standard InChI is InChI=1S/C22H34O3Si2/c1-17(19-13-9-11-15-21(19)23-3)26(5,6)25-27(7,8)18(2)20-14-10-12-16-22(20)24-4/h9-18H,1-8H3. The maximum Gasteiger partial charge on any atom is 0.180 e. The lowest BCUT2D eigenvalue weighted by Gasteiger charge is -2.41. The minimum absolute atomic E-state index is 0.338. The van der Waals surface area contributed by atoms with Crippen molar-refractivity contribution in [1.29, 1.82) is 0 Å². The number of methoxy groups -OCH3 is 2. The molecule has 2 aromatic rings. The first kappa shape index (κ1) is 21.7. The lowest BCUT2D eigenvalue weighted by Crippen LogP contribution is -2.50. The quantitative estimate of drug-likeness (QED) is 0.498. The summed E-state index contributed by atoms with van der Waals surface area (Å²) in [5.41, 5.74) is 3.16. The smallest absolute Gasteiger partial charge is 0.180 e. The molecule has 0 aliphatic rings. The molecule has 0 spiro atoms. The van der Waals surface area contributed by atoms with Crippen LogP contribution < -0.4 is 9.47 Å². The Kier molecular flexibility index (Phi) is 6.94. The SMILES string of the molecule is COc1ccccc1C(C)[Si](C)(C)O[Si](C)(C)C(C)c1ccccc1OC. The summed E-state index contributed by atoms with van der Waals surface area (Å²) in [6, 6.07) is 16.6. The second kappa shape index (κ2) is 8.63. The molecular formula is C22H34O3Si2. The summed E-state index contributed by atoms with van der Waals surface area (Å²) < 4.78 is 18.2. The highest BCUT2D eigenvalue weighted by Gasteiger charge is 2.42. The van der Waals surface area contributed by atoms with Crippen molar-refractivity contribution in [3.8, 4) is 11.5 Å². The molecule has 5 heteroatoms. The van der Waals surface area contributed by atoms with Gasteiger partial charge in [-0.2, -0.15) is 0 Å². The van der Waals surface area contributed by atoms with Gasteiger partial charge in [0.1, 0.15) is 11.5 Å². The van der Waals surface area contributed by atoms with Crippen molar-refractivity contribution in [2.75, 3.05) is 14.2 Å². The molecule has 148 valence electrons. The number of para-hydroxylation sites is 2. The third-order valence-electron chi connectivity index (χ3n) is 5.82. The fourth-order valence-electron chi connectivity index (χ4n) is 3.65. The van der Waals surface area contributed by atoms with Crippen molar-refractivity contribution < 1.29 is 13.6 Å². The molecule has 2 atom stereocenters. The number of hydrogen-bond donors (Lipinski definition) is 0. The van der Waals surface area contributed by atoms with E-state index < -0.39 is 16.6 Å². The highest BCUT2D eigenvalue weighted by molar-refractivity contribution is 6.86. The van der Waals surface area contributed by atoms with Crippen LogP contribution in [0.5, 0.6) is 11.5 Å². The maximum absolute atomic E-state index is 7.02. The summed E-state index contributed by atoms with van der Waals surface area (Å²) in [5.74, 6) is 1.90. The molecule has 0 bridgehead atoms. The molecule has 2 unspecified atom stereocenters. The summed E-state index contributed by atoms with van der Waals surface area (Å²) in [6.45, 7) is 13.9. The molecule has 2 aromatic carbocycles. The molecule has 0 fully saturated rings. The number of ether oxygens (including phenoxy) is 2. The van der Waals surface area contributed by atoms with E-state index in [0.29, 0.717) is 11.1 Å². The van der Waals surface area contributed by atoms with Gasteiger partial charge in [0.25, 0.3) is 0 Å². The molecule has 0 aromatic heterocycles. The Labute approximate surface area is 166 Å². The van der Waals surface area contributed by atoms with E-state index in [2.05, 4.69) is 64.3 Å². The molecule has 0 heterocycles. The molecule has 0 amide bonds. The molecule has 2 rings (SSSR count). The minimum Gasteiger partial charge on any atom is -0.496 e. The van der Waals surface area contributed by atoms with Crippen LogP contribution in [0.15, 0.2) is 48.5 Å². The lowest BCUT2D eigenvalue weighted by molar-refractivity contribution is 0.405. The third kappa shape index (κ3) is 4.83. The van der Waals surface area contributed by atoms with Gasteiger partial charge in [-0.3, -0.25) is 0 Å². The van der Waals surface area contributed by atoms with Crippen LogP contribution in [0.2, 0.25) is 26.2 Å². The fourth-order valence-corrected chi connectivity index (χ4v) is 12.5. The average molecular weight is 403 g/mol. The van der Waals surface area contributed by atoms with Gasteiger partial charge in [-0.05, 0) is 49.4 Å². The van der Waals surface area contributed by atoms with Gasteiger partial charge >= 0.3 is 0 Å². The van der Waals surface area contributed by atoms with E-state index >= 15 is 0 Å². The predicted molar refractivity (Wildman–Crippen MR) is 119 cm³/mol. The van der Waals surface area contributed by atoms with Crippen LogP contribution in [0.25, 0.3) is 0 Å². The van der Waals surface area contributed by atoms with E-state index in [-0.39, 0.29) is 0 Å². The Morgan fingerprint density at radius 1 is 0.630 bits per heavy atom. The van der Waals surface area contributed by atoms with E-state index in [1.54, 1.807) is 14.2 Å². The zero-order valence-corrected chi connectivity index (χ0v) is 20.0. The summed E-state index contributed by atoms with van der Waals surface area (Å²) in [7, 11) is -0.547. The summed E-state index contributed by atoms with van der Waals surface area (Å²) >= 11 is 0. The molecule has 0 aliphatic heterocycles. The molecule has 0 N–H and O–H groups in total. The summed E-state index contributed by atoms with van der Waals surface area (Å²) in [5, 5.41) is 0. The Morgan fingerprint density at radius 2 is 0.963 bits per heavy atom. The third-order valence-corrected chi connectivity index (χ3v) is 14.8. The normalized spacial score (nSPS) is 14.5. The molecule has 0 saturated carbocycles. The lowest BCUT2D eigenvalue weighted by atomic mass is 10.1. The van der Waals surface area contributed by atoms with Gasteiger partial charge < -0.3 is 13.6 Å². The monoisotopic (exact) mass is 402 g/mol. The highest BCUT2D eigenvalue weighted by Crippen LogP contribution is 2.39. The van der Waals surface area contributed by atoms with Crippen molar-refractivity contribution in [2.24, 2.45) is 0 Å².